The smallest absolute Gasteiger partial charge is 0.413 e. The van der Waals surface area contributed by atoms with Crippen LogP contribution in [0.1, 0.15) is 12.0 Å². The standard InChI is InChI=1S/C28H34F2N6O5/c1-34-10-12-35(13-11-34)9-4-14-41-24-17-20(16-23(39-2)26(24)40-3)32-27-31-8-7-25(33-27)36(28(37)38)18-19-5-6-21(29)22(30)15-19/h5-8,15-17H,4,9-14,18H2,1-3H3,(H,37,38)(H,31,32,33). The van der Waals surface area contributed by atoms with Crippen molar-refractivity contribution in [2.24, 2.45) is 0 Å². The molecule has 2 N–H and O–H groups in total. The van der Waals surface area contributed by atoms with Crippen LogP contribution in [-0.4, -0.2) is 91.6 Å². The summed E-state index contributed by atoms with van der Waals surface area (Å²) in [6.07, 6.45) is 0.904. The highest BCUT2D eigenvalue weighted by Gasteiger charge is 2.20. The number of nitrogens with zero attached hydrogens (tertiary/aromatic N) is 5. The average molecular weight is 573 g/mol. The number of aromatic nitrogens is 2. The number of anilines is 3. The molecular weight excluding hydrogens is 538 g/mol. The predicted molar refractivity (Wildman–Crippen MR) is 149 cm³/mol. The first kappa shape index (κ1) is 29.7. The lowest BCUT2D eigenvalue weighted by molar-refractivity contribution is 0.145. The normalized spacial score (nSPS) is 14.0. The van der Waals surface area contributed by atoms with Crippen molar-refractivity contribution < 1.29 is 32.9 Å². The summed E-state index contributed by atoms with van der Waals surface area (Å²) in [6.45, 7) is 5.33. The summed E-state index contributed by atoms with van der Waals surface area (Å²) in [5.74, 6) is -0.604. The van der Waals surface area contributed by atoms with Crippen LogP contribution in [-0.2, 0) is 6.54 Å². The molecule has 0 radical (unpaired) electrons. The minimum atomic E-state index is -1.32. The summed E-state index contributed by atoms with van der Waals surface area (Å²) in [6, 6.07) is 8.02. The van der Waals surface area contributed by atoms with E-state index >= 15 is 0 Å². The van der Waals surface area contributed by atoms with Crippen molar-refractivity contribution in [2.45, 2.75) is 13.0 Å². The Morgan fingerprint density at radius 2 is 1.80 bits per heavy atom. The van der Waals surface area contributed by atoms with Crippen LogP contribution in [0.25, 0.3) is 0 Å². The van der Waals surface area contributed by atoms with Gasteiger partial charge in [-0.3, -0.25) is 4.90 Å². The Labute approximate surface area is 237 Å². The van der Waals surface area contributed by atoms with E-state index in [0.29, 0.717) is 29.5 Å². The molecule has 11 nitrogen and oxygen atoms in total. The highest BCUT2D eigenvalue weighted by molar-refractivity contribution is 5.84. The second kappa shape index (κ2) is 13.9. The molecule has 1 saturated heterocycles. The Bertz CT molecular complexity index is 1340. The molecule has 1 aliphatic heterocycles. The number of methoxy groups -OCH3 is 2. The highest BCUT2D eigenvalue weighted by atomic mass is 19.2. The van der Waals surface area contributed by atoms with Crippen LogP contribution in [0.2, 0.25) is 0 Å². The summed E-state index contributed by atoms with van der Waals surface area (Å²) < 4.78 is 44.1. The van der Waals surface area contributed by atoms with E-state index in [-0.39, 0.29) is 23.9 Å². The predicted octanol–water partition coefficient (Wildman–Crippen LogP) is 4.22. The molecule has 0 atom stereocenters. The zero-order valence-corrected chi connectivity index (χ0v) is 23.3. The first-order valence-electron chi connectivity index (χ1n) is 13.1. The Hall–Kier alpha value is -4.23. The van der Waals surface area contributed by atoms with Crippen molar-refractivity contribution in [1.82, 2.24) is 19.8 Å². The first-order chi connectivity index (χ1) is 19.8. The molecule has 13 heteroatoms. The molecule has 1 aliphatic rings. The second-order valence-corrected chi connectivity index (χ2v) is 9.54. The fraction of sp³-hybridized carbons (Fsp3) is 0.393. The van der Waals surface area contributed by atoms with Crippen LogP contribution in [0.5, 0.6) is 17.2 Å². The van der Waals surface area contributed by atoms with Gasteiger partial charge in [-0.15, -0.1) is 0 Å². The number of benzene rings is 2. The molecule has 41 heavy (non-hydrogen) atoms. The van der Waals surface area contributed by atoms with Gasteiger partial charge in [-0.1, -0.05) is 6.07 Å². The van der Waals surface area contributed by atoms with E-state index < -0.39 is 17.7 Å². The van der Waals surface area contributed by atoms with E-state index in [2.05, 4.69) is 32.1 Å². The molecule has 220 valence electrons. The van der Waals surface area contributed by atoms with Gasteiger partial charge in [0.2, 0.25) is 11.7 Å². The lowest BCUT2D eigenvalue weighted by Crippen LogP contribution is -2.44. The number of likely N-dealkylation sites (N-methyl/N-ethyl adjacent to an activating group) is 1. The lowest BCUT2D eigenvalue weighted by atomic mass is 10.2. The zero-order chi connectivity index (χ0) is 29.4. The van der Waals surface area contributed by atoms with Crippen molar-refractivity contribution in [2.75, 3.05) is 70.8 Å². The fourth-order valence-electron chi connectivity index (χ4n) is 4.41. The van der Waals surface area contributed by atoms with E-state index in [4.69, 9.17) is 14.2 Å². The number of hydrogen-bond donors (Lipinski definition) is 2. The molecule has 0 spiro atoms. The van der Waals surface area contributed by atoms with Gasteiger partial charge in [-0.25, -0.2) is 18.6 Å². The van der Waals surface area contributed by atoms with Gasteiger partial charge in [-0.2, -0.15) is 4.98 Å². The van der Waals surface area contributed by atoms with Crippen molar-refractivity contribution >= 4 is 23.5 Å². The van der Waals surface area contributed by atoms with Gasteiger partial charge < -0.3 is 34.4 Å². The van der Waals surface area contributed by atoms with Gasteiger partial charge in [-0.05, 0) is 37.2 Å². The largest absolute Gasteiger partial charge is 0.493 e. The van der Waals surface area contributed by atoms with E-state index in [1.807, 2.05) is 0 Å². The maximum atomic E-state index is 13.7. The third-order valence-electron chi connectivity index (χ3n) is 6.65. The number of carboxylic acid groups (broad SMARTS) is 1. The number of hydrogen-bond acceptors (Lipinski definition) is 9. The molecule has 0 bridgehead atoms. The number of nitrogens with one attached hydrogen (secondary N) is 1. The molecule has 1 amide bonds. The van der Waals surface area contributed by atoms with Crippen LogP contribution < -0.4 is 24.4 Å². The van der Waals surface area contributed by atoms with Crippen LogP contribution in [0.3, 0.4) is 0 Å². The molecule has 2 aromatic carbocycles. The van der Waals surface area contributed by atoms with Gasteiger partial charge in [0.05, 0.1) is 27.4 Å². The van der Waals surface area contributed by atoms with E-state index in [1.165, 1.54) is 32.5 Å². The van der Waals surface area contributed by atoms with Crippen molar-refractivity contribution in [3.8, 4) is 17.2 Å². The average Bonchev–Trinajstić information content (AvgIpc) is 2.96. The number of rotatable bonds is 12. The molecule has 3 aromatic rings. The molecule has 4 rings (SSSR count). The van der Waals surface area contributed by atoms with Gasteiger partial charge in [0, 0.05) is 56.7 Å². The maximum Gasteiger partial charge on any atom is 0.413 e. The topological polar surface area (TPSA) is 113 Å². The number of ether oxygens (including phenoxy) is 3. The first-order valence-corrected chi connectivity index (χ1v) is 13.1. The molecule has 2 heterocycles. The molecule has 1 aromatic heterocycles. The van der Waals surface area contributed by atoms with Gasteiger partial charge in [0.1, 0.15) is 5.82 Å². The van der Waals surface area contributed by atoms with Crippen LogP contribution in [0, 0.1) is 11.6 Å². The summed E-state index contributed by atoms with van der Waals surface area (Å²) >= 11 is 0. The van der Waals surface area contributed by atoms with Gasteiger partial charge in [0.25, 0.3) is 0 Å². The lowest BCUT2D eigenvalue weighted by Gasteiger charge is -2.32. The fourth-order valence-corrected chi connectivity index (χ4v) is 4.41. The van der Waals surface area contributed by atoms with Gasteiger partial charge >= 0.3 is 6.09 Å². The Morgan fingerprint density at radius 1 is 1.05 bits per heavy atom. The third-order valence-corrected chi connectivity index (χ3v) is 6.65. The number of amides is 1. The summed E-state index contributed by atoms with van der Waals surface area (Å²) in [4.78, 5) is 26.1. The van der Waals surface area contributed by atoms with Crippen molar-refractivity contribution in [1.29, 1.82) is 0 Å². The third kappa shape index (κ3) is 7.92. The molecular formula is C28H34F2N6O5. The van der Waals surface area contributed by atoms with Crippen molar-refractivity contribution in [3.63, 3.8) is 0 Å². The zero-order valence-electron chi connectivity index (χ0n) is 23.3. The number of halogens is 2. The Balaban J connectivity index is 1.47. The molecule has 0 unspecified atom stereocenters. The summed E-state index contributed by atoms with van der Waals surface area (Å²) in [5, 5.41) is 12.8. The van der Waals surface area contributed by atoms with Crippen LogP contribution in [0.4, 0.5) is 31.0 Å². The SMILES string of the molecule is COc1cc(Nc2nccc(N(Cc3ccc(F)c(F)c3)C(=O)O)n2)cc(OCCCN2CCN(C)CC2)c1OC. The summed E-state index contributed by atoms with van der Waals surface area (Å²) in [5.41, 5.74) is 0.782. The van der Waals surface area contributed by atoms with Crippen LogP contribution in [0.15, 0.2) is 42.6 Å². The molecule has 0 aliphatic carbocycles. The number of piperazine rings is 1. The van der Waals surface area contributed by atoms with Gasteiger partial charge in [0.15, 0.2) is 23.1 Å². The summed E-state index contributed by atoms with van der Waals surface area (Å²) in [7, 11) is 5.17. The minimum absolute atomic E-state index is 0.0422. The van der Waals surface area contributed by atoms with E-state index in [0.717, 1.165) is 56.2 Å². The second-order valence-electron chi connectivity index (χ2n) is 9.54. The van der Waals surface area contributed by atoms with E-state index in [1.54, 1.807) is 12.1 Å². The number of carbonyl (C=O) groups is 1. The van der Waals surface area contributed by atoms with Crippen molar-refractivity contribution in [3.05, 3.63) is 59.8 Å². The Kier molecular flexibility index (Phi) is 10.1. The van der Waals surface area contributed by atoms with E-state index in [9.17, 15) is 18.7 Å². The van der Waals surface area contributed by atoms with Crippen LogP contribution >= 0.6 is 0 Å². The molecule has 0 saturated carbocycles. The maximum absolute atomic E-state index is 13.7. The quantitative estimate of drug-likeness (QED) is 0.306. The molecule has 1 fully saturated rings. The Morgan fingerprint density at radius 3 is 2.49 bits per heavy atom. The minimum Gasteiger partial charge on any atom is -0.493 e. The monoisotopic (exact) mass is 572 g/mol. The highest BCUT2D eigenvalue weighted by Crippen LogP contribution is 2.40.